The molecule has 0 amide bonds. The zero-order chi connectivity index (χ0) is 31.1. The summed E-state index contributed by atoms with van der Waals surface area (Å²) in [5.74, 6) is 3.19. The summed E-state index contributed by atoms with van der Waals surface area (Å²) >= 11 is 0. The summed E-state index contributed by atoms with van der Waals surface area (Å²) in [7, 11) is -3.73. The van der Waals surface area contributed by atoms with Gasteiger partial charge in [-0.15, -0.1) is 5.54 Å². The smallest absolute Gasteiger partial charge is 0.241 e. The van der Waals surface area contributed by atoms with Gasteiger partial charge in [-0.3, -0.25) is 0 Å². The molecule has 43 heavy (non-hydrogen) atoms. The van der Waals surface area contributed by atoms with Crippen molar-refractivity contribution < 1.29 is 13.2 Å². The second-order valence-corrected chi connectivity index (χ2v) is 17.8. The average molecular weight is 613 g/mol. The van der Waals surface area contributed by atoms with E-state index in [1.165, 1.54) is 0 Å². The number of hydrogen-bond donors (Lipinski definition) is 2. The SMILES string of the molecule is C=C/C=C(\C=C/COC)CCCN[C@H](c1ccccc1)[C@H](NS(=O)(=O)c1ccc(C#C[Si](C)(C)C)cc1)c1ccccc1. The zero-order valence-electron chi connectivity index (χ0n) is 25.7. The van der Waals surface area contributed by atoms with E-state index in [2.05, 4.69) is 53.8 Å². The van der Waals surface area contributed by atoms with Gasteiger partial charge in [0.2, 0.25) is 10.0 Å². The Bertz CT molecular complexity index is 1520. The van der Waals surface area contributed by atoms with Crippen LogP contribution in [0.5, 0.6) is 0 Å². The molecule has 3 aromatic carbocycles. The Balaban J connectivity index is 1.88. The average Bonchev–Trinajstić information content (AvgIpc) is 3.00. The standard InChI is InChI=1S/C36H44N2O3SSi/c1-6-15-30(17-14-28-41-2)16-13-27-37-35(32-18-9-7-10-19-32)36(33-20-11-8-12-21-33)38-42(39,40)34-24-22-31(23-25-34)26-29-43(3,4)5/h6-12,14-15,17-25,35-38H,1,13,16,27-28H2,2-5H3/b17-14-,30-15-/t35-,36-/m1/s1. The van der Waals surface area contributed by atoms with Crippen LogP contribution < -0.4 is 10.0 Å². The van der Waals surface area contributed by atoms with E-state index in [0.717, 1.165) is 35.1 Å². The maximum Gasteiger partial charge on any atom is 0.241 e. The second-order valence-electron chi connectivity index (χ2n) is 11.3. The van der Waals surface area contributed by atoms with E-state index in [9.17, 15) is 8.42 Å². The summed E-state index contributed by atoms with van der Waals surface area (Å²) < 4.78 is 35.8. The lowest BCUT2D eigenvalue weighted by molar-refractivity contribution is 0.234. The number of allylic oxidation sites excluding steroid dienone is 4. The monoisotopic (exact) mass is 612 g/mol. The summed E-state index contributed by atoms with van der Waals surface area (Å²) in [6.07, 6.45) is 9.54. The van der Waals surface area contributed by atoms with E-state index in [-0.39, 0.29) is 10.9 Å². The van der Waals surface area contributed by atoms with Crippen LogP contribution in [0.4, 0.5) is 0 Å². The van der Waals surface area contributed by atoms with Gasteiger partial charge < -0.3 is 10.1 Å². The first-order valence-corrected chi connectivity index (χ1v) is 19.6. The number of nitrogens with one attached hydrogen (secondary N) is 2. The lowest BCUT2D eigenvalue weighted by Gasteiger charge is -2.30. The Hall–Kier alpha value is -3.51. The van der Waals surface area contributed by atoms with Crippen LogP contribution in [-0.4, -0.2) is 36.8 Å². The third-order valence-corrected chi connectivity index (χ3v) is 8.94. The molecule has 226 valence electrons. The predicted molar refractivity (Wildman–Crippen MR) is 182 cm³/mol. The van der Waals surface area contributed by atoms with Gasteiger partial charge in [-0.25, -0.2) is 13.1 Å². The zero-order valence-corrected chi connectivity index (χ0v) is 27.5. The molecule has 3 aromatic rings. The topological polar surface area (TPSA) is 67.4 Å². The van der Waals surface area contributed by atoms with Crippen LogP contribution in [0.2, 0.25) is 19.6 Å². The lowest BCUT2D eigenvalue weighted by atomic mass is 9.94. The maximum absolute atomic E-state index is 13.8. The lowest BCUT2D eigenvalue weighted by Crippen LogP contribution is -2.39. The van der Waals surface area contributed by atoms with Gasteiger partial charge in [0.05, 0.1) is 23.6 Å². The molecular weight excluding hydrogens is 569 g/mol. The molecule has 0 spiro atoms. The summed E-state index contributed by atoms with van der Waals surface area (Å²) in [5, 5.41) is 3.67. The maximum atomic E-state index is 13.8. The molecule has 0 unspecified atom stereocenters. The third kappa shape index (κ3) is 11.6. The molecule has 0 fully saturated rings. The van der Waals surface area contributed by atoms with Crippen LogP contribution in [0.15, 0.2) is 126 Å². The van der Waals surface area contributed by atoms with Crippen LogP contribution in [-0.2, 0) is 14.8 Å². The van der Waals surface area contributed by atoms with Crippen molar-refractivity contribution in [2.24, 2.45) is 0 Å². The number of benzene rings is 3. The fourth-order valence-electron chi connectivity index (χ4n) is 4.51. The van der Waals surface area contributed by atoms with Gasteiger partial charge in [0.1, 0.15) is 8.07 Å². The quantitative estimate of drug-likeness (QED) is 0.0815. The van der Waals surface area contributed by atoms with E-state index < -0.39 is 24.1 Å². The van der Waals surface area contributed by atoms with Crippen LogP contribution in [0.25, 0.3) is 0 Å². The Morgan fingerprint density at radius 1 is 0.930 bits per heavy atom. The van der Waals surface area contributed by atoms with Gasteiger partial charge in [0, 0.05) is 12.7 Å². The first kappa shape index (κ1) is 34.0. The molecule has 0 aliphatic rings. The van der Waals surface area contributed by atoms with Gasteiger partial charge in [0.25, 0.3) is 0 Å². The number of methoxy groups -OCH3 is 1. The summed E-state index contributed by atoms with van der Waals surface area (Å²) in [5.41, 5.74) is 7.17. The third-order valence-electron chi connectivity index (χ3n) is 6.61. The molecule has 2 atom stereocenters. The van der Waals surface area contributed by atoms with Crippen LogP contribution in [0, 0.1) is 11.5 Å². The normalized spacial score (nSPS) is 13.7. The number of rotatable bonds is 15. The molecule has 0 bridgehead atoms. The molecule has 0 saturated heterocycles. The highest BCUT2D eigenvalue weighted by Gasteiger charge is 2.29. The van der Waals surface area contributed by atoms with Crippen LogP contribution in [0.3, 0.4) is 0 Å². The molecule has 3 rings (SSSR count). The van der Waals surface area contributed by atoms with Gasteiger partial charge in [-0.1, -0.05) is 117 Å². The van der Waals surface area contributed by atoms with Crippen molar-refractivity contribution in [3.8, 4) is 11.5 Å². The van der Waals surface area contributed by atoms with Gasteiger partial charge >= 0.3 is 0 Å². The second kappa shape index (κ2) is 17.0. The molecule has 0 saturated carbocycles. The number of hydrogen-bond acceptors (Lipinski definition) is 4. The molecule has 7 heteroatoms. The molecule has 2 N–H and O–H groups in total. The minimum absolute atomic E-state index is 0.209. The van der Waals surface area contributed by atoms with Crippen molar-refractivity contribution in [3.63, 3.8) is 0 Å². The molecule has 0 aliphatic carbocycles. The van der Waals surface area contributed by atoms with Crippen molar-refractivity contribution in [2.75, 3.05) is 20.3 Å². The Morgan fingerprint density at radius 3 is 2.09 bits per heavy atom. The highest BCUT2D eigenvalue weighted by Crippen LogP contribution is 2.31. The molecule has 0 aliphatic heterocycles. The minimum Gasteiger partial charge on any atom is -0.381 e. The molecule has 0 heterocycles. The van der Waals surface area contributed by atoms with Crippen LogP contribution in [0.1, 0.15) is 41.6 Å². The highest BCUT2D eigenvalue weighted by molar-refractivity contribution is 7.89. The number of sulfonamides is 1. The fourth-order valence-corrected chi connectivity index (χ4v) is 6.27. The minimum atomic E-state index is -3.86. The number of ether oxygens (including phenoxy) is 1. The van der Waals surface area contributed by atoms with Gasteiger partial charge in [-0.2, -0.15) is 0 Å². The predicted octanol–water partition coefficient (Wildman–Crippen LogP) is 7.36. The van der Waals surface area contributed by atoms with Crippen LogP contribution >= 0.6 is 0 Å². The van der Waals surface area contributed by atoms with E-state index in [1.54, 1.807) is 37.5 Å². The van der Waals surface area contributed by atoms with Crippen molar-refractivity contribution in [1.29, 1.82) is 0 Å². The Morgan fingerprint density at radius 2 is 1.53 bits per heavy atom. The molecule has 0 aromatic heterocycles. The van der Waals surface area contributed by atoms with E-state index >= 15 is 0 Å². The summed E-state index contributed by atoms with van der Waals surface area (Å²) in [6, 6.07) is 25.7. The van der Waals surface area contributed by atoms with Crippen molar-refractivity contribution in [3.05, 3.63) is 138 Å². The van der Waals surface area contributed by atoms with Crippen molar-refractivity contribution in [1.82, 2.24) is 10.0 Å². The van der Waals surface area contributed by atoms with E-state index in [4.69, 9.17) is 4.74 Å². The molecular formula is C36H44N2O3SSi. The fraction of sp³-hybridized carbons (Fsp3) is 0.278. The molecule has 5 nitrogen and oxygen atoms in total. The van der Waals surface area contributed by atoms with E-state index in [1.807, 2.05) is 72.8 Å². The van der Waals surface area contributed by atoms with Crippen molar-refractivity contribution >= 4 is 18.1 Å². The largest absolute Gasteiger partial charge is 0.381 e. The Kier molecular flexibility index (Phi) is 13.4. The van der Waals surface area contributed by atoms with Gasteiger partial charge in [-0.05, 0) is 60.4 Å². The summed E-state index contributed by atoms with van der Waals surface area (Å²) in [4.78, 5) is 0.209. The van der Waals surface area contributed by atoms with Gasteiger partial charge in [0.15, 0.2) is 0 Å². The first-order valence-electron chi connectivity index (χ1n) is 14.6. The highest BCUT2D eigenvalue weighted by atomic mass is 32.2. The molecule has 0 radical (unpaired) electrons. The van der Waals surface area contributed by atoms with Crippen molar-refractivity contribution in [2.45, 2.75) is 49.5 Å². The Labute approximate surface area is 259 Å². The first-order chi connectivity index (χ1) is 20.6. The summed E-state index contributed by atoms with van der Waals surface area (Å²) in [6.45, 7) is 11.6. The van der Waals surface area contributed by atoms with E-state index in [0.29, 0.717) is 13.2 Å².